The van der Waals surface area contributed by atoms with E-state index in [1.165, 1.54) is 0 Å². The summed E-state index contributed by atoms with van der Waals surface area (Å²) >= 11 is 0. The maximum atomic E-state index is 11.4. The van der Waals surface area contributed by atoms with Crippen molar-refractivity contribution >= 4 is 5.91 Å². The molecule has 0 aromatic heterocycles. The second-order valence-corrected chi connectivity index (χ2v) is 4.03. The molecule has 0 fully saturated rings. The third kappa shape index (κ3) is 8.18. The predicted octanol–water partition coefficient (Wildman–Crippen LogP) is 0.808. The number of carbonyl (C=O) groups excluding carboxylic acids is 1. The molecular formula is C14H22N2O3. The fraction of sp³-hybridized carbons (Fsp3) is 0.500. The van der Waals surface area contributed by atoms with Crippen LogP contribution in [-0.2, 0) is 9.53 Å². The van der Waals surface area contributed by atoms with Crippen LogP contribution in [0.3, 0.4) is 0 Å². The monoisotopic (exact) mass is 266 g/mol. The molecule has 0 bridgehead atoms. The zero-order valence-corrected chi connectivity index (χ0v) is 11.4. The molecule has 1 aromatic carbocycles. The molecule has 19 heavy (non-hydrogen) atoms. The van der Waals surface area contributed by atoms with Gasteiger partial charge >= 0.3 is 0 Å². The Kier molecular flexibility index (Phi) is 8.42. The van der Waals surface area contributed by atoms with E-state index in [1.807, 2.05) is 30.3 Å². The normalized spacial score (nSPS) is 10.2. The molecule has 0 saturated heterocycles. The van der Waals surface area contributed by atoms with Gasteiger partial charge in [0.05, 0.1) is 6.54 Å². The molecule has 0 aliphatic carbocycles. The van der Waals surface area contributed by atoms with Crippen LogP contribution >= 0.6 is 0 Å². The minimum absolute atomic E-state index is 0.00388. The van der Waals surface area contributed by atoms with Crippen LogP contribution in [0.1, 0.15) is 6.42 Å². The lowest BCUT2D eigenvalue weighted by molar-refractivity contribution is -0.120. The van der Waals surface area contributed by atoms with Gasteiger partial charge in [-0.2, -0.15) is 0 Å². The number of amides is 1. The van der Waals surface area contributed by atoms with Crippen LogP contribution < -0.4 is 15.4 Å². The molecule has 1 rings (SSSR count). The van der Waals surface area contributed by atoms with Gasteiger partial charge in [-0.15, -0.1) is 0 Å². The van der Waals surface area contributed by atoms with Crippen molar-refractivity contribution in [2.24, 2.45) is 0 Å². The zero-order chi connectivity index (χ0) is 13.8. The number of hydrogen-bond donors (Lipinski definition) is 2. The topological polar surface area (TPSA) is 59.6 Å². The van der Waals surface area contributed by atoms with E-state index in [2.05, 4.69) is 10.6 Å². The molecule has 0 atom stereocenters. The summed E-state index contributed by atoms with van der Waals surface area (Å²) in [5.74, 6) is 0.837. The highest BCUT2D eigenvalue weighted by Gasteiger charge is 1.99. The Labute approximate surface area is 114 Å². The summed E-state index contributed by atoms with van der Waals surface area (Å²) in [6.45, 7) is 2.81. The van der Waals surface area contributed by atoms with E-state index in [0.717, 1.165) is 12.2 Å². The SMILES string of the molecule is COCCCNC(=O)CNCCOc1ccccc1. The van der Waals surface area contributed by atoms with Crippen molar-refractivity contribution in [2.45, 2.75) is 6.42 Å². The van der Waals surface area contributed by atoms with Gasteiger partial charge in [0.25, 0.3) is 0 Å². The number of rotatable bonds is 10. The molecule has 0 heterocycles. The average molecular weight is 266 g/mol. The Hall–Kier alpha value is -1.59. The van der Waals surface area contributed by atoms with Crippen LogP contribution in [0, 0.1) is 0 Å². The Morgan fingerprint density at radius 1 is 1.16 bits per heavy atom. The van der Waals surface area contributed by atoms with E-state index in [0.29, 0.717) is 32.8 Å². The summed E-state index contributed by atoms with van der Waals surface area (Å²) in [5, 5.41) is 5.83. The molecule has 1 aromatic rings. The molecule has 1 amide bonds. The molecule has 106 valence electrons. The van der Waals surface area contributed by atoms with Crippen molar-refractivity contribution in [1.29, 1.82) is 0 Å². The molecule has 5 nitrogen and oxygen atoms in total. The first-order valence-electron chi connectivity index (χ1n) is 6.47. The smallest absolute Gasteiger partial charge is 0.233 e. The summed E-state index contributed by atoms with van der Waals surface area (Å²) in [6, 6.07) is 9.61. The molecule has 0 radical (unpaired) electrons. The Morgan fingerprint density at radius 3 is 2.68 bits per heavy atom. The van der Waals surface area contributed by atoms with Crippen LogP contribution in [0.2, 0.25) is 0 Å². The van der Waals surface area contributed by atoms with Crippen molar-refractivity contribution in [3.8, 4) is 5.75 Å². The molecular weight excluding hydrogens is 244 g/mol. The third-order valence-electron chi connectivity index (χ3n) is 2.42. The lowest BCUT2D eigenvalue weighted by Gasteiger charge is -2.08. The minimum Gasteiger partial charge on any atom is -0.492 e. The summed E-state index contributed by atoms with van der Waals surface area (Å²) < 4.78 is 10.4. The molecule has 2 N–H and O–H groups in total. The van der Waals surface area contributed by atoms with Gasteiger partial charge in [-0.1, -0.05) is 18.2 Å². The van der Waals surface area contributed by atoms with Crippen LogP contribution in [0.25, 0.3) is 0 Å². The fourth-order valence-electron chi connectivity index (χ4n) is 1.47. The maximum absolute atomic E-state index is 11.4. The van der Waals surface area contributed by atoms with Gasteiger partial charge in [-0.25, -0.2) is 0 Å². The van der Waals surface area contributed by atoms with E-state index >= 15 is 0 Å². The van der Waals surface area contributed by atoms with Gasteiger partial charge in [0.15, 0.2) is 0 Å². The highest BCUT2D eigenvalue weighted by molar-refractivity contribution is 5.77. The molecule has 0 aliphatic rings. The summed E-state index contributed by atoms with van der Waals surface area (Å²) in [6.07, 6.45) is 0.833. The standard InChI is InChI=1S/C14H22N2O3/c1-18-10-5-8-16-14(17)12-15-9-11-19-13-6-3-2-4-7-13/h2-4,6-7,15H,5,8-12H2,1H3,(H,16,17). The van der Waals surface area contributed by atoms with Gasteiger partial charge in [0.1, 0.15) is 12.4 Å². The molecule has 0 saturated carbocycles. The van der Waals surface area contributed by atoms with Crippen LogP contribution in [0.15, 0.2) is 30.3 Å². The van der Waals surface area contributed by atoms with E-state index in [4.69, 9.17) is 9.47 Å². The Bertz CT molecular complexity index is 344. The first-order chi connectivity index (χ1) is 9.33. The Balaban J connectivity index is 1.94. The van der Waals surface area contributed by atoms with Gasteiger partial charge in [0, 0.05) is 26.8 Å². The van der Waals surface area contributed by atoms with Crippen LogP contribution in [-0.4, -0.2) is 45.9 Å². The second kappa shape index (κ2) is 10.3. The lowest BCUT2D eigenvalue weighted by Crippen LogP contribution is -2.36. The lowest BCUT2D eigenvalue weighted by atomic mass is 10.3. The highest BCUT2D eigenvalue weighted by Crippen LogP contribution is 2.07. The first-order valence-corrected chi connectivity index (χ1v) is 6.47. The van der Waals surface area contributed by atoms with E-state index < -0.39 is 0 Å². The average Bonchev–Trinajstić information content (AvgIpc) is 2.44. The molecule has 0 spiro atoms. The quantitative estimate of drug-likeness (QED) is 0.615. The summed E-state index contributed by atoms with van der Waals surface area (Å²) in [7, 11) is 1.65. The van der Waals surface area contributed by atoms with Gasteiger partial charge in [0.2, 0.25) is 5.91 Å². The van der Waals surface area contributed by atoms with Crippen LogP contribution in [0.4, 0.5) is 0 Å². The van der Waals surface area contributed by atoms with E-state index in [-0.39, 0.29) is 5.91 Å². The number of benzene rings is 1. The minimum atomic E-state index is -0.00388. The van der Waals surface area contributed by atoms with Crippen molar-refractivity contribution in [1.82, 2.24) is 10.6 Å². The summed E-state index contributed by atoms with van der Waals surface area (Å²) in [5.41, 5.74) is 0. The number of para-hydroxylation sites is 1. The third-order valence-corrected chi connectivity index (χ3v) is 2.42. The van der Waals surface area contributed by atoms with Gasteiger partial charge in [-0.05, 0) is 18.6 Å². The van der Waals surface area contributed by atoms with Crippen LogP contribution in [0.5, 0.6) is 5.75 Å². The second-order valence-electron chi connectivity index (χ2n) is 4.03. The number of hydrogen-bond acceptors (Lipinski definition) is 4. The maximum Gasteiger partial charge on any atom is 0.233 e. The van der Waals surface area contributed by atoms with Crippen molar-refractivity contribution < 1.29 is 14.3 Å². The number of carbonyl (C=O) groups is 1. The Morgan fingerprint density at radius 2 is 1.95 bits per heavy atom. The predicted molar refractivity (Wildman–Crippen MR) is 74.3 cm³/mol. The van der Waals surface area contributed by atoms with Crippen molar-refractivity contribution in [3.05, 3.63) is 30.3 Å². The molecule has 5 heteroatoms. The molecule has 0 unspecified atom stereocenters. The van der Waals surface area contributed by atoms with Gasteiger partial charge < -0.3 is 20.1 Å². The van der Waals surface area contributed by atoms with Crippen molar-refractivity contribution in [3.63, 3.8) is 0 Å². The highest BCUT2D eigenvalue weighted by atomic mass is 16.5. The number of methoxy groups -OCH3 is 1. The largest absolute Gasteiger partial charge is 0.492 e. The summed E-state index contributed by atoms with van der Waals surface area (Å²) in [4.78, 5) is 11.4. The number of ether oxygens (including phenoxy) is 2. The fourth-order valence-corrected chi connectivity index (χ4v) is 1.47. The first kappa shape index (κ1) is 15.5. The molecule has 0 aliphatic heterocycles. The van der Waals surface area contributed by atoms with Crippen molar-refractivity contribution in [2.75, 3.05) is 40.0 Å². The van der Waals surface area contributed by atoms with Gasteiger partial charge in [-0.3, -0.25) is 4.79 Å². The van der Waals surface area contributed by atoms with E-state index in [1.54, 1.807) is 7.11 Å². The zero-order valence-electron chi connectivity index (χ0n) is 11.4. The van der Waals surface area contributed by atoms with E-state index in [9.17, 15) is 4.79 Å². The number of nitrogens with one attached hydrogen (secondary N) is 2.